The number of hydrogen-bond acceptors (Lipinski definition) is 3. The van der Waals surface area contributed by atoms with E-state index in [9.17, 15) is 5.11 Å². The van der Waals surface area contributed by atoms with Gasteiger partial charge in [-0.25, -0.2) is 0 Å². The average molecular weight is 285 g/mol. The lowest BCUT2D eigenvalue weighted by Crippen LogP contribution is -2.33. The predicted molar refractivity (Wildman–Crippen MR) is 87.1 cm³/mol. The molecule has 21 heavy (non-hydrogen) atoms. The van der Waals surface area contributed by atoms with Gasteiger partial charge < -0.3 is 14.7 Å². The number of aliphatic hydroxyl groups excluding tert-OH is 1. The molecule has 0 aliphatic heterocycles. The van der Waals surface area contributed by atoms with Crippen LogP contribution in [0.1, 0.15) is 11.1 Å². The lowest BCUT2D eigenvalue weighted by Gasteiger charge is -2.23. The molecule has 0 bridgehead atoms. The van der Waals surface area contributed by atoms with Crippen molar-refractivity contribution < 1.29 is 9.84 Å². The summed E-state index contributed by atoms with van der Waals surface area (Å²) in [4.78, 5) is 2.03. The predicted octanol–water partition coefficient (Wildman–Crippen LogP) is 3.18. The van der Waals surface area contributed by atoms with E-state index in [1.54, 1.807) is 0 Å². The van der Waals surface area contributed by atoms with Crippen molar-refractivity contribution in [1.29, 1.82) is 0 Å². The molecule has 2 aromatic carbocycles. The fraction of sp³-hybridized carbons (Fsp3) is 0.333. The van der Waals surface area contributed by atoms with Crippen LogP contribution in [-0.2, 0) is 0 Å². The molecule has 3 heteroatoms. The Kier molecular flexibility index (Phi) is 5.23. The van der Waals surface area contributed by atoms with Gasteiger partial charge in [-0.2, -0.15) is 0 Å². The van der Waals surface area contributed by atoms with Gasteiger partial charge >= 0.3 is 0 Å². The Hall–Kier alpha value is -2.00. The normalized spacial score (nSPS) is 12.0. The molecule has 2 rings (SSSR count). The zero-order valence-electron chi connectivity index (χ0n) is 12.9. The van der Waals surface area contributed by atoms with Crippen molar-refractivity contribution >= 4 is 5.69 Å². The highest BCUT2D eigenvalue weighted by Crippen LogP contribution is 2.15. The fourth-order valence-electron chi connectivity index (χ4n) is 2.10. The van der Waals surface area contributed by atoms with E-state index in [1.165, 1.54) is 11.1 Å². The van der Waals surface area contributed by atoms with E-state index in [0.29, 0.717) is 13.2 Å². The largest absolute Gasteiger partial charge is 0.491 e. The van der Waals surface area contributed by atoms with Gasteiger partial charge in [0.05, 0.1) is 0 Å². The smallest absolute Gasteiger partial charge is 0.119 e. The first-order valence-electron chi connectivity index (χ1n) is 7.20. The molecule has 0 spiro atoms. The summed E-state index contributed by atoms with van der Waals surface area (Å²) < 4.78 is 5.60. The third kappa shape index (κ3) is 4.80. The summed E-state index contributed by atoms with van der Waals surface area (Å²) in [7, 11) is 1.97. The second-order valence-corrected chi connectivity index (χ2v) is 5.49. The molecule has 0 saturated heterocycles. The minimum atomic E-state index is -0.530. The van der Waals surface area contributed by atoms with Crippen molar-refractivity contribution in [2.75, 3.05) is 25.1 Å². The summed E-state index contributed by atoms with van der Waals surface area (Å²) in [5.41, 5.74) is 3.52. The second kappa shape index (κ2) is 7.14. The van der Waals surface area contributed by atoms with Crippen LogP contribution < -0.4 is 9.64 Å². The first-order valence-corrected chi connectivity index (χ1v) is 7.20. The zero-order chi connectivity index (χ0) is 15.2. The number of benzene rings is 2. The highest BCUT2D eigenvalue weighted by Gasteiger charge is 2.10. The number of rotatable bonds is 6. The maximum Gasteiger partial charge on any atom is 0.119 e. The van der Waals surface area contributed by atoms with Crippen LogP contribution in [0.2, 0.25) is 0 Å². The van der Waals surface area contributed by atoms with Gasteiger partial charge in [0, 0.05) is 19.3 Å². The number of ether oxygens (including phenoxy) is 1. The van der Waals surface area contributed by atoms with E-state index in [4.69, 9.17) is 4.74 Å². The number of hydrogen-bond donors (Lipinski definition) is 1. The number of aliphatic hydroxyl groups is 1. The van der Waals surface area contributed by atoms with Crippen molar-refractivity contribution in [3.63, 3.8) is 0 Å². The molecule has 0 aliphatic rings. The summed E-state index contributed by atoms with van der Waals surface area (Å²) in [6.45, 7) is 4.93. The number of aryl methyl sites for hydroxylation is 2. The molecular formula is C18H23NO2. The minimum absolute atomic E-state index is 0.291. The summed E-state index contributed by atoms with van der Waals surface area (Å²) in [5.74, 6) is 0.789. The molecule has 2 aromatic rings. The molecule has 0 radical (unpaired) electrons. The molecule has 112 valence electrons. The van der Waals surface area contributed by atoms with Crippen molar-refractivity contribution in [2.45, 2.75) is 20.0 Å². The van der Waals surface area contributed by atoms with Crippen LogP contribution in [0.15, 0.2) is 48.5 Å². The summed E-state index contributed by atoms with van der Waals surface area (Å²) in [5, 5.41) is 10.1. The number of anilines is 1. The van der Waals surface area contributed by atoms with Crippen LogP contribution in [0.4, 0.5) is 5.69 Å². The molecular weight excluding hydrogens is 262 g/mol. The minimum Gasteiger partial charge on any atom is -0.491 e. The third-order valence-electron chi connectivity index (χ3n) is 3.42. The van der Waals surface area contributed by atoms with Crippen molar-refractivity contribution in [1.82, 2.24) is 0 Å². The molecule has 0 heterocycles. The van der Waals surface area contributed by atoms with Crippen molar-refractivity contribution in [3.8, 4) is 5.75 Å². The van der Waals surface area contributed by atoms with E-state index >= 15 is 0 Å². The molecule has 3 nitrogen and oxygen atoms in total. The Balaban J connectivity index is 1.82. The molecule has 0 amide bonds. The topological polar surface area (TPSA) is 32.7 Å². The fourth-order valence-corrected chi connectivity index (χ4v) is 2.10. The van der Waals surface area contributed by atoms with Crippen LogP contribution >= 0.6 is 0 Å². The average Bonchev–Trinajstić information content (AvgIpc) is 2.47. The van der Waals surface area contributed by atoms with Crippen LogP contribution in [0.5, 0.6) is 5.75 Å². The molecule has 0 aromatic heterocycles. The van der Waals surface area contributed by atoms with Crippen molar-refractivity contribution in [3.05, 3.63) is 59.7 Å². The maximum absolute atomic E-state index is 10.1. The standard InChI is InChI=1S/C18H23NO2/c1-14-4-8-16(9-5-14)19(3)12-17(20)13-21-18-10-6-15(2)7-11-18/h4-11,17,20H,12-13H2,1-3H3. The SMILES string of the molecule is Cc1ccc(OCC(O)CN(C)c2ccc(C)cc2)cc1. The monoisotopic (exact) mass is 285 g/mol. The highest BCUT2D eigenvalue weighted by molar-refractivity contribution is 5.46. The van der Waals surface area contributed by atoms with Gasteiger partial charge in [0.25, 0.3) is 0 Å². The van der Waals surface area contributed by atoms with E-state index in [-0.39, 0.29) is 0 Å². The van der Waals surface area contributed by atoms with Crippen LogP contribution in [0, 0.1) is 13.8 Å². The zero-order valence-corrected chi connectivity index (χ0v) is 12.9. The number of nitrogens with zero attached hydrogens (tertiary/aromatic N) is 1. The lowest BCUT2D eigenvalue weighted by atomic mass is 10.2. The third-order valence-corrected chi connectivity index (χ3v) is 3.42. The Morgan fingerprint density at radius 3 is 2.05 bits per heavy atom. The quantitative estimate of drug-likeness (QED) is 0.885. The van der Waals surface area contributed by atoms with E-state index in [1.807, 2.05) is 43.1 Å². The van der Waals surface area contributed by atoms with Crippen LogP contribution in [-0.4, -0.2) is 31.4 Å². The van der Waals surface area contributed by atoms with E-state index < -0.39 is 6.10 Å². The van der Waals surface area contributed by atoms with Gasteiger partial charge in [0.15, 0.2) is 0 Å². The van der Waals surface area contributed by atoms with E-state index in [2.05, 4.69) is 31.2 Å². The van der Waals surface area contributed by atoms with Gasteiger partial charge in [-0.1, -0.05) is 35.4 Å². The van der Waals surface area contributed by atoms with Gasteiger partial charge in [0.1, 0.15) is 18.5 Å². The van der Waals surface area contributed by atoms with Crippen molar-refractivity contribution in [2.24, 2.45) is 0 Å². The number of likely N-dealkylation sites (N-methyl/N-ethyl adjacent to an activating group) is 1. The van der Waals surface area contributed by atoms with Gasteiger partial charge in [0.2, 0.25) is 0 Å². The summed E-state index contributed by atoms with van der Waals surface area (Å²) >= 11 is 0. The molecule has 1 unspecified atom stereocenters. The Labute approximate surface area is 126 Å². The molecule has 1 atom stereocenters. The second-order valence-electron chi connectivity index (χ2n) is 5.49. The lowest BCUT2D eigenvalue weighted by molar-refractivity contribution is 0.113. The summed E-state index contributed by atoms with van der Waals surface area (Å²) in [6, 6.07) is 16.1. The molecule has 0 saturated carbocycles. The Morgan fingerprint density at radius 2 is 1.48 bits per heavy atom. The van der Waals surface area contributed by atoms with Crippen LogP contribution in [0.25, 0.3) is 0 Å². The summed E-state index contributed by atoms with van der Waals surface area (Å²) in [6.07, 6.45) is -0.530. The van der Waals surface area contributed by atoms with E-state index in [0.717, 1.165) is 11.4 Å². The molecule has 0 fully saturated rings. The van der Waals surface area contributed by atoms with Gasteiger partial charge in [-0.15, -0.1) is 0 Å². The van der Waals surface area contributed by atoms with Crippen LogP contribution in [0.3, 0.4) is 0 Å². The molecule has 0 aliphatic carbocycles. The Bertz CT molecular complexity index is 548. The van der Waals surface area contributed by atoms with Gasteiger partial charge in [-0.3, -0.25) is 0 Å². The first-order chi connectivity index (χ1) is 10.0. The molecule has 1 N–H and O–H groups in total. The first kappa shape index (κ1) is 15.4. The maximum atomic E-state index is 10.1. The van der Waals surface area contributed by atoms with Gasteiger partial charge in [-0.05, 0) is 38.1 Å². The highest BCUT2D eigenvalue weighted by atomic mass is 16.5. The Morgan fingerprint density at radius 1 is 0.952 bits per heavy atom.